The Bertz CT molecular complexity index is 679. The van der Waals surface area contributed by atoms with Gasteiger partial charge in [0.15, 0.2) is 5.96 Å². The molecule has 2 aromatic rings. The van der Waals surface area contributed by atoms with Gasteiger partial charge in [-0.05, 0) is 54.8 Å². The monoisotopic (exact) mass is 487 g/mol. The summed E-state index contributed by atoms with van der Waals surface area (Å²) in [6.45, 7) is 2.09. The van der Waals surface area contributed by atoms with Crippen LogP contribution in [0.25, 0.3) is 0 Å². The minimum absolute atomic E-state index is 0. The fraction of sp³-hybridized carbons (Fsp3) is 0.350. The van der Waals surface area contributed by atoms with Gasteiger partial charge in [0.2, 0.25) is 0 Å². The van der Waals surface area contributed by atoms with Crippen molar-refractivity contribution in [3.05, 3.63) is 59.9 Å². The first-order valence-electron chi connectivity index (χ1n) is 8.67. The van der Waals surface area contributed by atoms with Gasteiger partial charge in [-0.25, -0.2) is 4.39 Å². The molecule has 2 rings (SSSR count). The quantitative estimate of drug-likeness (QED) is 0.243. The number of unbranched alkanes of at least 4 members (excludes halogenated alkanes) is 1. The Hall–Kier alpha value is -2.03. The number of ether oxygens (including phenoxy) is 2. The molecule has 0 heterocycles. The number of guanidine groups is 1. The van der Waals surface area contributed by atoms with Crippen LogP contribution in [0.4, 0.5) is 4.39 Å². The number of nitrogens with zero attached hydrogens (tertiary/aromatic N) is 1. The molecule has 0 aliphatic carbocycles. The van der Waals surface area contributed by atoms with Crippen molar-refractivity contribution < 1.29 is 13.9 Å². The minimum atomic E-state index is -0.255. The van der Waals surface area contributed by atoms with Crippen molar-refractivity contribution in [2.45, 2.75) is 19.4 Å². The molecule has 0 amide bonds. The van der Waals surface area contributed by atoms with Crippen molar-refractivity contribution in [2.24, 2.45) is 4.99 Å². The smallest absolute Gasteiger partial charge is 0.191 e. The maximum atomic E-state index is 12.8. The van der Waals surface area contributed by atoms with Crippen LogP contribution in [-0.2, 0) is 6.54 Å². The Labute approximate surface area is 177 Å². The van der Waals surface area contributed by atoms with E-state index in [2.05, 4.69) is 15.6 Å². The lowest BCUT2D eigenvalue weighted by Crippen LogP contribution is -2.37. The Balaban J connectivity index is 0.00000364. The first-order valence-corrected chi connectivity index (χ1v) is 8.67. The highest BCUT2D eigenvalue weighted by Crippen LogP contribution is 2.12. The van der Waals surface area contributed by atoms with Gasteiger partial charge in [-0.3, -0.25) is 4.99 Å². The van der Waals surface area contributed by atoms with Gasteiger partial charge >= 0.3 is 0 Å². The Kier molecular flexibility index (Phi) is 11.2. The van der Waals surface area contributed by atoms with Gasteiger partial charge in [0.1, 0.15) is 17.3 Å². The van der Waals surface area contributed by atoms with E-state index in [1.54, 1.807) is 26.3 Å². The highest BCUT2D eigenvalue weighted by Gasteiger charge is 1.99. The lowest BCUT2D eigenvalue weighted by molar-refractivity contribution is 0.306. The molecule has 0 aromatic heterocycles. The molecular weight excluding hydrogens is 460 g/mol. The summed E-state index contributed by atoms with van der Waals surface area (Å²) < 4.78 is 23.5. The summed E-state index contributed by atoms with van der Waals surface area (Å²) in [5.41, 5.74) is 1.15. The molecule has 0 saturated carbocycles. The van der Waals surface area contributed by atoms with E-state index in [1.807, 2.05) is 24.3 Å². The van der Waals surface area contributed by atoms with Crippen molar-refractivity contribution in [1.82, 2.24) is 10.6 Å². The highest BCUT2D eigenvalue weighted by atomic mass is 127. The fourth-order valence-corrected chi connectivity index (χ4v) is 2.30. The summed E-state index contributed by atoms with van der Waals surface area (Å²) in [5, 5.41) is 6.55. The van der Waals surface area contributed by atoms with Gasteiger partial charge < -0.3 is 20.1 Å². The Morgan fingerprint density at radius 2 is 1.63 bits per heavy atom. The zero-order valence-electron chi connectivity index (χ0n) is 15.7. The molecule has 0 saturated heterocycles. The molecule has 0 fully saturated rings. The molecule has 0 spiro atoms. The van der Waals surface area contributed by atoms with Crippen LogP contribution in [0.5, 0.6) is 11.5 Å². The largest absolute Gasteiger partial charge is 0.497 e. The predicted octanol–water partition coefficient (Wildman–Crippen LogP) is 3.98. The SMILES string of the molecule is CN=C(NCCCCOc1ccc(F)cc1)NCc1ccc(OC)cc1.I. The van der Waals surface area contributed by atoms with Crippen molar-refractivity contribution in [2.75, 3.05) is 27.3 Å². The number of halogens is 2. The number of hydrogen-bond acceptors (Lipinski definition) is 3. The zero-order valence-corrected chi connectivity index (χ0v) is 18.0. The average molecular weight is 487 g/mol. The molecule has 2 N–H and O–H groups in total. The van der Waals surface area contributed by atoms with Crippen LogP contribution >= 0.6 is 24.0 Å². The number of nitrogens with one attached hydrogen (secondary N) is 2. The number of rotatable bonds is 9. The zero-order chi connectivity index (χ0) is 18.6. The van der Waals surface area contributed by atoms with E-state index in [4.69, 9.17) is 9.47 Å². The van der Waals surface area contributed by atoms with Crippen LogP contribution in [0.3, 0.4) is 0 Å². The second kappa shape index (κ2) is 13.2. The second-order valence-electron chi connectivity index (χ2n) is 5.71. The summed E-state index contributed by atoms with van der Waals surface area (Å²) in [7, 11) is 3.41. The number of aliphatic imine (C=N–C) groups is 1. The Morgan fingerprint density at radius 3 is 2.26 bits per heavy atom. The second-order valence-corrected chi connectivity index (χ2v) is 5.71. The Morgan fingerprint density at radius 1 is 0.963 bits per heavy atom. The van der Waals surface area contributed by atoms with Gasteiger partial charge in [0, 0.05) is 20.1 Å². The van der Waals surface area contributed by atoms with Crippen LogP contribution in [0, 0.1) is 5.82 Å². The van der Waals surface area contributed by atoms with Crippen LogP contribution in [-0.4, -0.2) is 33.3 Å². The van der Waals surface area contributed by atoms with Gasteiger partial charge in [0.05, 0.1) is 13.7 Å². The van der Waals surface area contributed by atoms with Crippen LogP contribution in [0.1, 0.15) is 18.4 Å². The molecule has 0 unspecified atom stereocenters. The first-order chi connectivity index (χ1) is 12.7. The summed E-state index contributed by atoms with van der Waals surface area (Å²) in [4.78, 5) is 4.21. The minimum Gasteiger partial charge on any atom is -0.497 e. The molecule has 148 valence electrons. The van der Waals surface area contributed by atoms with E-state index in [9.17, 15) is 4.39 Å². The molecule has 0 atom stereocenters. The van der Waals surface area contributed by atoms with Gasteiger partial charge in [-0.2, -0.15) is 0 Å². The van der Waals surface area contributed by atoms with E-state index in [0.717, 1.165) is 36.7 Å². The van der Waals surface area contributed by atoms with Crippen molar-refractivity contribution in [1.29, 1.82) is 0 Å². The predicted molar refractivity (Wildman–Crippen MR) is 118 cm³/mol. The summed E-state index contributed by atoms with van der Waals surface area (Å²) in [6.07, 6.45) is 1.85. The molecule has 0 radical (unpaired) electrons. The van der Waals surface area contributed by atoms with Crippen LogP contribution < -0.4 is 20.1 Å². The lowest BCUT2D eigenvalue weighted by Gasteiger charge is -2.12. The molecule has 5 nitrogen and oxygen atoms in total. The number of hydrogen-bond donors (Lipinski definition) is 2. The van der Waals surface area contributed by atoms with E-state index < -0.39 is 0 Å². The van der Waals surface area contributed by atoms with Crippen molar-refractivity contribution >= 4 is 29.9 Å². The summed E-state index contributed by atoms with van der Waals surface area (Å²) >= 11 is 0. The maximum Gasteiger partial charge on any atom is 0.191 e. The van der Waals surface area contributed by atoms with Gasteiger partial charge in [-0.1, -0.05) is 12.1 Å². The summed E-state index contributed by atoms with van der Waals surface area (Å²) in [5.74, 6) is 2.05. The lowest BCUT2D eigenvalue weighted by atomic mass is 10.2. The van der Waals surface area contributed by atoms with Crippen LogP contribution in [0.2, 0.25) is 0 Å². The summed E-state index contributed by atoms with van der Waals surface area (Å²) in [6, 6.07) is 14.0. The molecule has 0 bridgehead atoms. The third kappa shape index (κ3) is 8.94. The third-order valence-electron chi connectivity index (χ3n) is 3.79. The average Bonchev–Trinajstić information content (AvgIpc) is 2.68. The van der Waals surface area contributed by atoms with Gasteiger partial charge in [-0.15, -0.1) is 24.0 Å². The van der Waals surface area contributed by atoms with E-state index >= 15 is 0 Å². The standard InChI is InChI=1S/C20H26FN3O2.HI/c1-22-20(24-15-16-5-9-18(25-2)10-6-16)23-13-3-4-14-26-19-11-7-17(21)8-12-19;/h5-12H,3-4,13-15H2,1-2H3,(H2,22,23,24);1H. The van der Waals surface area contributed by atoms with E-state index in [-0.39, 0.29) is 29.8 Å². The fourth-order valence-electron chi connectivity index (χ4n) is 2.30. The van der Waals surface area contributed by atoms with Gasteiger partial charge in [0.25, 0.3) is 0 Å². The van der Waals surface area contributed by atoms with E-state index in [0.29, 0.717) is 18.9 Å². The molecule has 27 heavy (non-hydrogen) atoms. The molecular formula is C20H27FIN3O2. The molecule has 2 aromatic carbocycles. The normalized spacial score (nSPS) is 10.7. The van der Waals surface area contributed by atoms with Crippen LogP contribution in [0.15, 0.2) is 53.5 Å². The van der Waals surface area contributed by atoms with Crippen molar-refractivity contribution in [3.8, 4) is 11.5 Å². The molecule has 7 heteroatoms. The third-order valence-corrected chi connectivity index (χ3v) is 3.79. The maximum absolute atomic E-state index is 12.8. The molecule has 0 aliphatic heterocycles. The number of methoxy groups -OCH3 is 1. The topological polar surface area (TPSA) is 54.9 Å². The first kappa shape index (κ1) is 23.0. The van der Waals surface area contributed by atoms with E-state index in [1.165, 1.54) is 12.1 Å². The van der Waals surface area contributed by atoms with Crippen molar-refractivity contribution in [3.63, 3.8) is 0 Å². The highest BCUT2D eigenvalue weighted by molar-refractivity contribution is 14.0. The molecule has 0 aliphatic rings. The number of benzene rings is 2.